The highest BCUT2D eigenvalue weighted by Gasteiger charge is 2.52. The lowest BCUT2D eigenvalue weighted by Crippen LogP contribution is -2.49. The number of hydrogen-bond acceptors (Lipinski definition) is 3. The molecule has 3 aliphatic rings. The van der Waals surface area contributed by atoms with Crippen LogP contribution in [0, 0.1) is 11.3 Å². The molecule has 3 rings (SSSR count). The highest BCUT2D eigenvalue weighted by Crippen LogP contribution is 2.54. The molecule has 1 heterocycles. The van der Waals surface area contributed by atoms with Gasteiger partial charge in [-0.1, -0.05) is 5.57 Å². The van der Waals surface area contributed by atoms with Crippen LogP contribution < -0.4 is 0 Å². The highest BCUT2D eigenvalue weighted by atomic mass is 16.7. The summed E-state index contributed by atoms with van der Waals surface area (Å²) >= 11 is 0. The van der Waals surface area contributed by atoms with E-state index in [1.807, 2.05) is 13.8 Å². The van der Waals surface area contributed by atoms with Crippen LogP contribution in [0.5, 0.6) is 0 Å². The van der Waals surface area contributed by atoms with Gasteiger partial charge in [-0.15, -0.1) is 0 Å². The van der Waals surface area contributed by atoms with Gasteiger partial charge in [0.05, 0.1) is 13.2 Å². The lowest BCUT2D eigenvalue weighted by Gasteiger charge is -2.46. The summed E-state index contributed by atoms with van der Waals surface area (Å²) in [6.07, 6.45) is 3.83. The van der Waals surface area contributed by atoms with E-state index in [2.05, 4.69) is 6.92 Å². The third kappa shape index (κ3) is 1.76. The van der Waals surface area contributed by atoms with Crippen LogP contribution in [-0.2, 0) is 14.3 Å². The highest BCUT2D eigenvalue weighted by molar-refractivity contribution is 5.98. The minimum Gasteiger partial charge on any atom is -0.350 e. The summed E-state index contributed by atoms with van der Waals surface area (Å²) in [6, 6.07) is 0. The van der Waals surface area contributed by atoms with Gasteiger partial charge in [0.2, 0.25) is 0 Å². The monoisotopic (exact) mass is 250 g/mol. The third-order valence-electron chi connectivity index (χ3n) is 4.78. The van der Waals surface area contributed by atoms with Crippen molar-refractivity contribution in [3.63, 3.8) is 0 Å². The van der Waals surface area contributed by atoms with Gasteiger partial charge in [-0.05, 0) is 51.5 Å². The SMILES string of the molecule is CC1=C2C(=O)CCCC2C2(COC(C)(C)OC2)C1. The molecular weight excluding hydrogens is 228 g/mol. The molecule has 0 aromatic carbocycles. The lowest BCUT2D eigenvalue weighted by atomic mass is 9.70. The zero-order chi connectivity index (χ0) is 13.0. The number of carbonyl (C=O) groups is 1. The maximum absolute atomic E-state index is 12.1. The van der Waals surface area contributed by atoms with Gasteiger partial charge in [0, 0.05) is 11.8 Å². The van der Waals surface area contributed by atoms with Gasteiger partial charge in [-0.25, -0.2) is 0 Å². The molecule has 0 N–H and O–H groups in total. The van der Waals surface area contributed by atoms with E-state index in [0.29, 0.717) is 11.7 Å². The Balaban J connectivity index is 1.87. The van der Waals surface area contributed by atoms with Crippen molar-refractivity contribution >= 4 is 5.78 Å². The zero-order valence-corrected chi connectivity index (χ0v) is 11.5. The Morgan fingerprint density at radius 3 is 2.56 bits per heavy atom. The molecule has 1 unspecified atom stereocenters. The fourth-order valence-electron chi connectivity index (χ4n) is 3.86. The molecule has 1 saturated heterocycles. The number of allylic oxidation sites excluding steroid dienone is 2. The Kier molecular flexibility index (Phi) is 2.69. The van der Waals surface area contributed by atoms with Gasteiger partial charge in [-0.3, -0.25) is 4.79 Å². The third-order valence-corrected chi connectivity index (χ3v) is 4.78. The molecule has 2 fully saturated rings. The Morgan fingerprint density at radius 1 is 1.22 bits per heavy atom. The first-order chi connectivity index (χ1) is 8.44. The van der Waals surface area contributed by atoms with Crippen LogP contribution in [0.3, 0.4) is 0 Å². The lowest BCUT2D eigenvalue weighted by molar-refractivity contribution is -0.290. The predicted octanol–water partition coefficient (Wildman–Crippen LogP) is 2.85. The van der Waals surface area contributed by atoms with Gasteiger partial charge >= 0.3 is 0 Å². The van der Waals surface area contributed by atoms with Crippen LogP contribution in [0.1, 0.15) is 46.5 Å². The van der Waals surface area contributed by atoms with Crippen LogP contribution in [0.15, 0.2) is 11.1 Å². The van der Waals surface area contributed by atoms with Crippen LogP contribution in [0.4, 0.5) is 0 Å². The smallest absolute Gasteiger partial charge is 0.162 e. The Bertz CT molecular complexity index is 409. The molecule has 1 saturated carbocycles. The van der Waals surface area contributed by atoms with Crippen LogP contribution in [-0.4, -0.2) is 24.8 Å². The summed E-state index contributed by atoms with van der Waals surface area (Å²) in [7, 11) is 0. The summed E-state index contributed by atoms with van der Waals surface area (Å²) in [5.74, 6) is 0.265. The van der Waals surface area contributed by atoms with E-state index in [1.54, 1.807) is 0 Å². The number of ether oxygens (including phenoxy) is 2. The normalized spacial score (nSPS) is 33.9. The van der Waals surface area contributed by atoms with Crippen LogP contribution >= 0.6 is 0 Å². The first-order valence-electron chi connectivity index (χ1n) is 6.94. The predicted molar refractivity (Wildman–Crippen MR) is 68.1 cm³/mol. The van der Waals surface area contributed by atoms with E-state index in [4.69, 9.17) is 9.47 Å². The number of ketones is 1. The fraction of sp³-hybridized carbons (Fsp3) is 0.800. The van der Waals surface area contributed by atoms with Crippen molar-refractivity contribution in [3.05, 3.63) is 11.1 Å². The average molecular weight is 250 g/mol. The van der Waals surface area contributed by atoms with Crippen molar-refractivity contribution in [2.45, 2.75) is 52.2 Å². The van der Waals surface area contributed by atoms with E-state index in [9.17, 15) is 4.79 Å². The summed E-state index contributed by atoms with van der Waals surface area (Å²) in [5.41, 5.74) is 2.41. The first kappa shape index (κ1) is 12.4. The molecule has 0 radical (unpaired) electrons. The number of hydrogen-bond donors (Lipinski definition) is 0. The minimum atomic E-state index is -0.472. The summed E-state index contributed by atoms with van der Waals surface area (Å²) in [6.45, 7) is 7.47. The van der Waals surface area contributed by atoms with E-state index >= 15 is 0 Å². The standard InChI is InChI=1S/C15H22O3/c1-10-7-15(8-17-14(2,3)18-9-15)11-5-4-6-12(16)13(10)11/h11H,4-9H2,1-3H3. The molecule has 0 amide bonds. The molecule has 2 aliphatic carbocycles. The van der Waals surface area contributed by atoms with E-state index in [0.717, 1.165) is 44.5 Å². The second-order valence-corrected chi connectivity index (χ2v) is 6.58. The minimum absolute atomic E-state index is 0.0328. The maximum Gasteiger partial charge on any atom is 0.162 e. The molecule has 1 atom stereocenters. The molecule has 0 bridgehead atoms. The quantitative estimate of drug-likeness (QED) is 0.663. The van der Waals surface area contributed by atoms with Gasteiger partial charge in [0.15, 0.2) is 11.6 Å². The molecule has 1 spiro atoms. The summed E-state index contributed by atoms with van der Waals surface area (Å²) in [5, 5.41) is 0. The van der Waals surface area contributed by atoms with Crippen molar-refractivity contribution in [2.24, 2.45) is 11.3 Å². The number of Topliss-reactive ketones (excluding diaryl/α,β-unsaturated/α-hetero) is 1. The Morgan fingerprint density at radius 2 is 1.89 bits per heavy atom. The Labute approximate surface area is 109 Å². The van der Waals surface area contributed by atoms with Crippen molar-refractivity contribution in [2.75, 3.05) is 13.2 Å². The van der Waals surface area contributed by atoms with Crippen molar-refractivity contribution in [1.29, 1.82) is 0 Å². The topological polar surface area (TPSA) is 35.5 Å². The van der Waals surface area contributed by atoms with Gasteiger partial charge in [-0.2, -0.15) is 0 Å². The average Bonchev–Trinajstić information content (AvgIpc) is 2.59. The summed E-state index contributed by atoms with van der Waals surface area (Å²) < 4.78 is 11.8. The van der Waals surface area contributed by atoms with Gasteiger partial charge in [0.1, 0.15) is 0 Å². The summed E-state index contributed by atoms with van der Waals surface area (Å²) in [4.78, 5) is 12.1. The van der Waals surface area contributed by atoms with E-state index in [1.165, 1.54) is 5.57 Å². The maximum atomic E-state index is 12.1. The van der Waals surface area contributed by atoms with E-state index in [-0.39, 0.29) is 5.41 Å². The van der Waals surface area contributed by atoms with Gasteiger partial charge < -0.3 is 9.47 Å². The van der Waals surface area contributed by atoms with E-state index < -0.39 is 5.79 Å². The largest absolute Gasteiger partial charge is 0.350 e. The molecule has 100 valence electrons. The first-order valence-corrected chi connectivity index (χ1v) is 6.94. The molecular formula is C15H22O3. The Hall–Kier alpha value is -0.670. The van der Waals surface area contributed by atoms with Crippen LogP contribution in [0.2, 0.25) is 0 Å². The second kappa shape index (κ2) is 3.91. The molecule has 3 nitrogen and oxygen atoms in total. The molecule has 18 heavy (non-hydrogen) atoms. The molecule has 3 heteroatoms. The molecule has 0 aromatic heterocycles. The second-order valence-electron chi connectivity index (χ2n) is 6.58. The zero-order valence-electron chi connectivity index (χ0n) is 11.5. The number of rotatable bonds is 0. The fourth-order valence-corrected chi connectivity index (χ4v) is 3.86. The van der Waals surface area contributed by atoms with Crippen molar-refractivity contribution < 1.29 is 14.3 Å². The molecule has 0 aromatic rings. The van der Waals surface area contributed by atoms with Crippen molar-refractivity contribution in [1.82, 2.24) is 0 Å². The molecule has 1 aliphatic heterocycles. The number of fused-ring (bicyclic) bond motifs is 2. The van der Waals surface area contributed by atoms with Crippen LogP contribution in [0.25, 0.3) is 0 Å². The van der Waals surface area contributed by atoms with Gasteiger partial charge in [0.25, 0.3) is 0 Å². The number of carbonyl (C=O) groups excluding carboxylic acids is 1. The van der Waals surface area contributed by atoms with Crippen molar-refractivity contribution in [3.8, 4) is 0 Å².